The maximum absolute atomic E-state index is 12.7. The second kappa shape index (κ2) is 9.14. The Bertz CT molecular complexity index is 1060. The Kier molecular flexibility index (Phi) is 6.14. The second-order valence-corrected chi connectivity index (χ2v) is 7.26. The molecule has 0 aromatic carbocycles. The van der Waals surface area contributed by atoms with Crippen LogP contribution in [0.5, 0.6) is 5.88 Å². The lowest BCUT2D eigenvalue weighted by molar-refractivity contribution is 0.0602. The highest BCUT2D eigenvalue weighted by Gasteiger charge is 2.23. The van der Waals surface area contributed by atoms with E-state index in [1.54, 1.807) is 36.0 Å². The van der Waals surface area contributed by atoms with E-state index in [9.17, 15) is 15.0 Å². The van der Waals surface area contributed by atoms with Gasteiger partial charge in [-0.05, 0) is 31.4 Å². The SMILES string of the molecule is CNc1cc(Nc2cccnc2OC(CO)CO)nc2c(C(=O)NC3CCC3)cnn12. The predicted octanol–water partition coefficient (Wildman–Crippen LogP) is 0.924. The number of aromatic nitrogens is 4. The minimum absolute atomic E-state index is 0.202. The molecule has 1 aliphatic carbocycles. The molecule has 1 aliphatic rings. The van der Waals surface area contributed by atoms with Crippen molar-refractivity contribution >= 4 is 28.9 Å². The molecular formula is C20H25N7O4. The Hall–Kier alpha value is -3.44. The number of carbonyl (C=O) groups excluding carboxylic acids is 1. The number of fused-ring (bicyclic) bond motifs is 1. The van der Waals surface area contributed by atoms with E-state index in [-0.39, 0.29) is 31.0 Å². The molecule has 1 fully saturated rings. The van der Waals surface area contributed by atoms with Crippen molar-refractivity contribution in [3.63, 3.8) is 0 Å². The summed E-state index contributed by atoms with van der Waals surface area (Å²) >= 11 is 0. The third-order valence-corrected chi connectivity index (χ3v) is 5.13. The van der Waals surface area contributed by atoms with E-state index in [1.165, 1.54) is 6.20 Å². The van der Waals surface area contributed by atoms with Crippen molar-refractivity contribution < 1.29 is 19.7 Å². The summed E-state index contributed by atoms with van der Waals surface area (Å²) in [5.74, 6) is 1.08. The second-order valence-electron chi connectivity index (χ2n) is 7.26. The van der Waals surface area contributed by atoms with Gasteiger partial charge in [0.2, 0.25) is 5.88 Å². The van der Waals surface area contributed by atoms with Gasteiger partial charge in [0.1, 0.15) is 29.0 Å². The van der Waals surface area contributed by atoms with Gasteiger partial charge in [0.25, 0.3) is 5.91 Å². The fourth-order valence-corrected chi connectivity index (χ4v) is 3.19. The largest absolute Gasteiger partial charge is 0.468 e. The summed E-state index contributed by atoms with van der Waals surface area (Å²) in [6, 6.07) is 5.39. The third-order valence-electron chi connectivity index (χ3n) is 5.13. The summed E-state index contributed by atoms with van der Waals surface area (Å²) in [6.45, 7) is -0.703. The molecule has 3 aromatic heterocycles. The fourth-order valence-electron chi connectivity index (χ4n) is 3.19. The minimum Gasteiger partial charge on any atom is -0.468 e. The summed E-state index contributed by atoms with van der Waals surface area (Å²) in [5.41, 5.74) is 1.28. The molecule has 0 spiro atoms. The smallest absolute Gasteiger partial charge is 0.256 e. The van der Waals surface area contributed by atoms with Gasteiger partial charge in [0, 0.05) is 25.4 Å². The lowest BCUT2D eigenvalue weighted by atomic mass is 9.93. The van der Waals surface area contributed by atoms with Crippen LogP contribution in [0.15, 0.2) is 30.6 Å². The number of aliphatic hydroxyl groups is 2. The number of nitrogens with one attached hydrogen (secondary N) is 3. The Balaban J connectivity index is 1.65. The van der Waals surface area contributed by atoms with Crippen LogP contribution in [0.25, 0.3) is 5.65 Å². The summed E-state index contributed by atoms with van der Waals surface area (Å²) in [5, 5.41) is 32.1. The lowest BCUT2D eigenvalue weighted by Crippen LogP contribution is -2.39. The van der Waals surface area contributed by atoms with Gasteiger partial charge < -0.3 is 30.9 Å². The molecule has 11 nitrogen and oxygen atoms in total. The Morgan fingerprint density at radius 2 is 2.16 bits per heavy atom. The van der Waals surface area contributed by atoms with Gasteiger partial charge >= 0.3 is 0 Å². The summed E-state index contributed by atoms with van der Waals surface area (Å²) in [6.07, 6.45) is 5.35. The molecule has 4 rings (SSSR count). The van der Waals surface area contributed by atoms with Crippen molar-refractivity contribution in [3.8, 4) is 5.88 Å². The summed E-state index contributed by atoms with van der Waals surface area (Å²) < 4.78 is 7.14. The normalized spacial score (nSPS) is 13.8. The van der Waals surface area contributed by atoms with Crippen LogP contribution in [-0.2, 0) is 0 Å². The molecule has 3 heterocycles. The van der Waals surface area contributed by atoms with Gasteiger partial charge in [0.15, 0.2) is 5.65 Å². The van der Waals surface area contributed by atoms with E-state index in [4.69, 9.17) is 4.74 Å². The van der Waals surface area contributed by atoms with E-state index in [0.29, 0.717) is 28.5 Å². The minimum atomic E-state index is -0.796. The number of ether oxygens (including phenoxy) is 1. The molecule has 0 bridgehead atoms. The zero-order chi connectivity index (χ0) is 21.8. The van der Waals surface area contributed by atoms with Crippen LogP contribution in [0, 0.1) is 0 Å². The molecule has 0 unspecified atom stereocenters. The molecule has 164 valence electrons. The monoisotopic (exact) mass is 427 g/mol. The van der Waals surface area contributed by atoms with E-state index < -0.39 is 6.10 Å². The third kappa shape index (κ3) is 4.37. The number of pyridine rings is 1. The van der Waals surface area contributed by atoms with Crippen LogP contribution in [-0.4, -0.2) is 68.1 Å². The number of carbonyl (C=O) groups is 1. The number of anilines is 3. The van der Waals surface area contributed by atoms with E-state index in [1.807, 2.05) is 0 Å². The van der Waals surface area contributed by atoms with Gasteiger partial charge in [-0.2, -0.15) is 9.61 Å². The topological polar surface area (TPSA) is 146 Å². The van der Waals surface area contributed by atoms with Crippen molar-refractivity contribution in [2.45, 2.75) is 31.4 Å². The molecule has 1 saturated carbocycles. The number of hydrogen-bond acceptors (Lipinski definition) is 9. The van der Waals surface area contributed by atoms with Gasteiger partial charge in [-0.1, -0.05) is 0 Å². The molecule has 11 heteroatoms. The average molecular weight is 427 g/mol. The fraction of sp³-hybridized carbons (Fsp3) is 0.400. The van der Waals surface area contributed by atoms with E-state index in [2.05, 4.69) is 31.0 Å². The van der Waals surface area contributed by atoms with E-state index >= 15 is 0 Å². The highest BCUT2D eigenvalue weighted by Crippen LogP contribution is 2.27. The zero-order valence-corrected chi connectivity index (χ0v) is 17.1. The maximum atomic E-state index is 12.7. The Morgan fingerprint density at radius 3 is 2.84 bits per heavy atom. The number of amides is 1. The van der Waals surface area contributed by atoms with Crippen LogP contribution < -0.4 is 20.7 Å². The van der Waals surface area contributed by atoms with Crippen molar-refractivity contribution in [3.05, 3.63) is 36.2 Å². The average Bonchev–Trinajstić information content (AvgIpc) is 3.19. The van der Waals surface area contributed by atoms with Gasteiger partial charge in [-0.3, -0.25) is 4.79 Å². The molecule has 0 atom stereocenters. The van der Waals surface area contributed by atoms with Crippen molar-refractivity contribution in [2.24, 2.45) is 0 Å². The first kappa shape index (κ1) is 20.8. The highest BCUT2D eigenvalue weighted by atomic mass is 16.5. The summed E-state index contributed by atoms with van der Waals surface area (Å²) in [4.78, 5) is 21.5. The van der Waals surface area contributed by atoms with Crippen LogP contribution in [0.2, 0.25) is 0 Å². The number of nitrogens with zero attached hydrogens (tertiary/aromatic N) is 4. The molecular weight excluding hydrogens is 402 g/mol. The predicted molar refractivity (Wildman–Crippen MR) is 114 cm³/mol. The molecule has 31 heavy (non-hydrogen) atoms. The van der Waals surface area contributed by atoms with Crippen LogP contribution in [0.3, 0.4) is 0 Å². The first-order chi connectivity index (χ1) is 15.1. The zero-order valence-electron chi connectivity index (χ0n) is 17.1. The van der Waals surface area contributed by atoms with Gasteiger partial charge in [-0.25, -0.2) is 9.97 Å². The van der Waals surface area contributed by atoms with Crippen LogP contribution >= 0.6 is 0 Å². The first-order valence-corrected chi connectivity index (χ1v) is 10.1. The van der Waals surface area contributed by atoms with E-state index in [0.717, 1.165) is 19.3 Å². The quantitative estimate of drug-likeness (QED) is 0.336. The molecule has 0 aliphatic heterocycles. The maximum Gasteiger partial charge on any atom is 0.256 e. The first-order valence-electron chi connectivity index (χ1n) is 10.1. The number of rotatable bonds is 9. The molecule has 3 aromatic rings. The van der Waals surface area contributed by atoms with Crippen molar-refractivity contribution in [2.75, 3.05) is 30.9 Å². The molecule has 1 amide bonds. The van der Waals surface area contributed by atoms with Gasteiger partial charge in [0.05, 0.1) is 19.4 Å². The lowest BCUT2D eigenvalue weighted by Gasteiger charge is -2.26. The Morgan fingerprint density at radius 1 is 1.35 bits per heavy atom. The molecule has 0 radical (unpaired) electrons. The highest BCUT2D eigenvalue weighted by molar-refractivity contribution is 6.00. The van der Waals surface area contributed by atoms with Crippen molar-refractivity contribution in [1.29, 1.82) is 0 Å². The van der Waals surface area contributed by atoms with Crippen LogP contribution in [0.4, 0.5) is 17.3 Å². The summed E-state index contributed by atoms with van der Waals surface area (Å²) in [7, 11) is 1.75. The standard InChI is InChI=1S/C20H25N7O4/c1-21-17-8-16(25-15-6-3-7-22-20(15)31-13(10-28)11-29)26-18-14(9-23-27(17)18)19(30)24-12-4-2-5-12/h3,6-9,12-13,21,28-29H,2,4-5,10-11H2,1H3,(H,24,30)(H,25,26). The molecule has 5 N–H and O–H groups in total. The van der Waals surface area contributed by atoms with Gasteiger partial charge in [-0.15, -0.1) is 0 Å². The Labute approximate surface area is 178 Å². The van der Waals surface area contributed by atoms with Crippen LogP contribution in [0.1, 0.15) is 29.6 Å². The number of hydrogen-bond donors (Lipinski definition) is 5. The van der Waals surface area contributed by atoms with Crippen molar-refractivity contribution in [1.82, 2.24) is 24.9 Å². The number of aliphatic hydroxyl groups excluding tert-OH is 2. The molecule has 0 saturated heterocycles.